The molecule has 0 aliphatic heterocycles. The van der Waals surface area contributed by atoms with Crippen LogP contribution in [0.4, 0.5) is 0 Å². The molecule has 4 aromatic rings. The third kappa shape index (κ3) is 5.08. The van der Waals surface area contributed by atoms with Crippen LogP contribution in [0.1, 0.15) is 0 Å². The zero-order chi connectivity index (χ0) is 25.2. The lowest BCUT2D eigenvalue weighted by Crippen LogP contribution is -2.21. The topological polar surface area (TPSA) is 179 Å². The summed E-state index contributed by atoms with van der Waals surface area (Å²) in [4.78, 5) is 16.6. The van der Waals surface area contributed by atoms with Crippen molar-refractivity contribution in [3.8, 4) is 5.75 Å². The molecule has 0 spiro atoms. The van der Waals surface area contributed by atoms with Crippen LogP contribution in [0.3, 0.4) is 0 Å². The molecule has 0 atom stereocenters. The number of hydroxylamine groups is 1. The first-order valence-electron chi connectivity index (χ1n) is 9.34. The summed E-state index contributed by atoms with van der Waals surface area (Å²) in [5.74, 6) is -0.513. The first kappa shape index (κ1) is 25.6. The zero-order valence-corrected chi connectivity index (χ0v) is 19.9. The molecule has 0 heterocycles. The van der Waals surface area contributed by atoms with Gasteiger partial charge in [0.2, 0.25) is 0 Å². The molecule has 16 heteroatoms. The molecule has 0 saturated carbocycles. The van der Waals surface area contributed by atoms with Gasteiger partial charge in [-0.05, 0) is 29.0 Å². The summed E-state index contributed by atoms with van der Waals surface area (Å²) in [6, 6.07) is 9.07. The number of nitrogens with one attached hydrogen (secondary N) is 1. The Hall–Kier alpha value is -2.48. The molecule has 4 rings (SSSR count). The minimum Gasteiger partial charge on any atom is -0.481 e. The van der Waals surface area contributed by atoms with Crippen molar-refractivity contribution in [2.24, 2.45) is 0 Å². The second-order valence-electron chi connectivity index (χ2n) is 6.71. The van der Waals surface area contributed by atoms with Gasteiger partial charge in [-0.2, -0.15) is 13.9 Å². The molecule has 0 aliphatic rings. The summed E-state index contributed by atoms with van der Waals surface area (Å²) in [6.45, 7) is -0.467. The Labute approximate surface area is 204 Å². The van der Waals surface area contributed by atoms with E-state index in [1.54, 1.807) is 18.2 Å². The largest absolute Gasteiger partial charge is 0.481 e. The number of hydrogen-bond acceptors (Lipinski definition) is 14. The predicted octanol–water partition coefficient (Wildman–Crippen LogP) is 3.74. The van der Waals surface area contributed by atoms with E-state index in [0.29, 0.717) is 55.9 Å². The minimum absolute atomic E-state index is 0.178. The number of carbonyl (C=O) groups excluding carboxylic acids is 1. The molecule has 4 aromatic carbocycles. The fourth-order valence-electron chi connectivity index (χ4n) is 3.72. The third-order valence-electron chi connectivity index (χ3n) is 4.89. The third-order valence-corrected chi connectivity index (χ3v) is 7.08. The van der Waals surface area contributed by atoms with E-state index in [4.69, 9.17) is 15.3 Å². The highest BCUT2D eigenvalue weighted by molar-refractivity contribution is 7.95. The Kier molecular flexibility index (Phi) is 7.79. The van der Waals surface area contributed by atoms with Crippen molar-refractivity contribution in [1.29, 1.82) is 0 Å². The molecule has 13 nitrogen and oxygen atoms in total. The Balaban J connectivity index is 2.06. The lowest BCUT2D eigenvalue weighted by Gasteiger charge is -2.18. The molecule has 186 valence electrons. The molecular formula is C19H15NO12S3. The molecule has 0 saturated heterocycles. The molecule has 0 fully saturated rings. The maximum absolute atomic E-state index is 12.2. The van der Waals surface area contributed by atoms with Gasteiger partial charge in [0.25, 0.3) is 10.1 Å². The minimum atomic E-state index is -4.69. The molecule has 0 aliphatic carbocycles. The standard InChI is InChI=1S/C19H15NO12S3/c1-20-28-17(21)8-27-13-6-14(33-31-29-22)10-3-4-11-15(34-32-30-23)7-16(35(24,25)26)12-5-2-9(13)18(10)19(11)12/h2-7,20,22-23H,8H2,1H3,(H,24,25,26). The molecule has 0 bridgehead atoms. The van der Waals surface area contributed by atoms with Crippen LogP contribution in [0.15, 0.2) is 51.1 Å². The molecule has 0 amide bonds. The van der Waals surface area contributed by atoms with E-state index in [9.17, 15) is 17.8 Å². The fourth-order valence-corrected chi connectivity index (χ4v) is 5.56. The maximum atomic E-state index is 12.2. The molecule has 4 N–H and O–H groups in total. The van der Waals surface area contributed by atoms with Crippen LogP contribution < -0.4 is 10.2 Å². The zero-order valence-electron chi connectivity index (χ0n) is 17.4. The summed E-state index contributed by atoms with van der Waals surface area (Å²) in [5.41, 5.74) is 2.24. The van der Waals surface area contributed by atoms with Crippen molar-refractivity contribution in [2.45, 2.75) is 14.7 Å². The van der Waals surface area contributed by atoms with Gasteiger partial charge in [-0.3, -0.25) is 4.55 Å². The Morgan fingerprint density at radius 3 is 2.03 bits per heavy atom. The average Bonchev–Trinajstić information content (AvgIpc) is 2.83. The van der Waals surface area contributed by atoms with Crippen LogP contribution >= 0.6 is 24.1 Å². The van der Waals surface area contributed by atoms with Gasteiger partial charge in [0, 0.05) is 33.5 Å². The Morgan fingerprint density at radius 2 is 1.46 bits per heavy atom. The van der Waals surface area contributed by atoms with Crippen LogP contribution in [-0.2, 0) is 38.5 Å². The van der Waals surface area contributed by atoms with E-state index in [1.807, 2.05) is 0 Å². The van der Waals surface area contributed by atoms with Crippen LogP contribution in [0.5, 0.6) is 5.75 Å². The fraction of sp³-hybridized carbons (Fsp3) is 0.105. The highest BCUT2D eigenvalue weighted by atomic mass is 32.2. The number of ether oxygens (including phenoxy) is 1. The highest BCUT2D eigenvalue weighted by Crippen LogP contribution is 2.47. The number of rotatable bonds is 11. The van der Waals surface area contributed by atoms with E-state index >= 15 is 0 Å². The summed E-state index contributed by atoms with van der Waals surface area (Å²) in [5, 5.41) is 27.1. The van der Waals surface area contributed by atoms with Gasteiger partial charge in [0.15, 0.2) is 6.61 Å². The van der Waals surface area contributed by atoms with E-state index in [2.05, 4.69) is 29.1 Å². The van der Waals surface area contributed by atoms with Gasteiger partial charge in [-0.1, -0.05) is 28.3 Å². The summed E-state index contributed by atoms with van der Waals surface area (Å²) in [6.07, 6.45) is 0. The van der Waals surface area contributed by atoms with E-state index < -0.39 is 27.6 Å². The van der Waals surface area contributed by atoms with Gasteiger partial charge in [-0.25, -0.2) is 15.3 Å². The number of benzene rings is 4. The lowest BCUT2D eigenvalue weighted by atomic mass is 9.93. The van der Waals surface area contributed by atoms with Crippen molar-refractivity contribution >= 4 is 72.5 Å². The monoisotopic (exact) mass is 545 g/mol. The quantitative estimate of drug-likeness (QED) is 0.0703. The maximum Gasteiger partial charge on any atom is 0.362 e. The second-order valence-corrected chi connectivity index (χ2v) is 9.59. The molecule has 0 radical (unpaired) electrons. The molecular weight excluding hydrogens is 530 g/mol. The van der Waals surface area contributed by atoms with E-state index in [-0.39, 0.29) is 16.0 Å². The van der Waals surface area contributed by atoms with Gasteiger partial charge >= 0.3 is 5.97 Å². The first-order chi connectivity index (χ1) is 16.8. The molecule has 0 aromatic heterocycles. The Bertz CT molecular complexity index is 1490. The molecule has 0 unspecified atom stereocenters. The summed E-state index contributed by atoms with van der Waals surface area (Å²) < 4.78 is 49.0. The molecule has 35 heavy (non-hydrogen) atoms. The Morgan fingerprint density at radius 1 is 0.914 bits per heavy atom. The van der Waals surface area contributed by atoms with Gasteiger partial charge < -0.3 is 9.57 Å². The van der Waals surface area contributed by atoms with Crippen molar-refractivity contribution in [2.75, 3.05) is 13.7 Å². The lowest BCUT2D eigenvalue weighted by molar-refractivity contribution is -0.432. The number of carbonyl (C=O) groups is 1. The average molecular weight is 546 g/mol. The highest BCUT2D eigenvalue weighted by Gasteiger charge is 2.24. The van der Waals surface area contributed by atoms with Crippen LogP contribution in [-0.4, -0.2) is 43.1 Å². The van der Waals surface area contributed by atoms with Gasteiger partial charge in [0.1, 0.15) is 10.6 Å². The normalized spacial score (nSPS) is 12.1. The predicted molar refractivity (Wildman–Crippen MR) is 122 cm³/mol. The first-order valence-corrected chi connectivity index (χ1v) is 12.3. The van der Waals surface area contributed by atoms with Crippen LogP contribution in [0, 0.1) is 0 Å². The smallest absolute Gasteiger partial charge is 0.362 e. The van der Waals surface area contributed by atoms with Crippen LogP contribution in [0.25, 0.3) is 32.3 Å². The second kappa shape index (κ2) is 10.6. The summed E-state index contributed by atoms with van der Waals surface area (Å²) in [7, 11) is -3.29. The van der Waals surface area contributed by atoms with Crippen molar-refractivity contribution in [3.05, 3.63) is 36.4 Å². The van der Waals surface area contributed by atoms with Gasteiger partial charge in [-0.15, -0.1) is 8.67 Å². The van der Waals surface area contributed by atoms with E-state index in [0.717, 1.165) is 0 Å². The van der Waals surface area contributed by atoms with Crippen LogP contribution in [0.2, 0.25) is 0 Å². The van der Waals surface area contributed by atoms with Crippen molar-refractivity contribution < 1.29 is 56.6 Å². The number of hydrogen-bond donors (Lipinski definition) is 4. The van der Waals surface area contributed by atoms with Crippen molar-refractivity contribution in [3.63, 3.8) is 0 Å². The van der Waals surface area contributed by atoms with Gasteiger partial charge in [0.05, 0.1) is 29.0 Å². The summed E-state index contributed by atoms with van der Waals surface area (Å²) >= 11 is 1.14. The SMILES string of the molecule is CNOC(=O)COc1cc(SOOO)c2ccc3c(SOOO)cc(S(=O)(=O)O)c4ccc1c2c34. The van der Waals surface area contributed by atoms with Crippen molar-refractivity contribution in [1.82, 2.24) is 5.48 Å². The van der Waals surface area contributed by atoms with E-state index in [1.165, 1.54) is 25.2 Å².